The Bertz CT molecular complexity index is 673. The van der Waals surface area contributed by atoms with Crippen LogP contribution in [0.5, 0.6) is 0 Å². The summed E-state index contributed by atoms with van der Waals surface area (Å²) in [6.07, 6.45) is 3.55. The van der Waals surface area contributed by atoms with E-state index in [1.54, 1.807) is 25.9 Å². The number of hydrogen-bond donors (Lipinski definition) is 2. The summed E-state index contributed by atoms with van der Waals surface area (Å²) in [7, 11) is 1.72. The highest BCUT2D eigenvalue weighted by Crippen LogP contribution is 2.37. The van der Waals surface area contributed by atoms with Crippen molar-refractivity contribution < 1.29 is 24.2 Å². The summed E-state index contributed by atoms with van der Waals surface area (Å²) in [5, 5.41) is 9.23. The van der Waals surface area contributed by atoms with Crippen molar-refractivity contribution in [2.75, 3.05) is 26.8 Å². The third-order valence-corrected chi connectivity index (χ3v) is 5.63. The highest BCUT2D eigenvalue weighted by Gasteiger charge is 2.45. The van der Waals surface area contributed by atoms with Gasteiger partial charge < -0.3 is 24.5 Å². The molecule has 7 heteroatoms. The number of ether oxygens (including phenoxy) is 2. The number of aromatic amines is 1. The summed E-state index contributed by atoms with van der Waals surface area (Å²) < 4.78 is 11.7. The molecule has 138 valence electrons. The molecule has 2 N–H and O–H groups in total. The summed E-state index contributed by atoms with van der Waals surface area (Å²) in [5.74, 6) is -1.16. The third-order valence-electron chi connectivity index (χ3n) is 5.63. The van der Waals surface area contributed by atoms with Crippen LogP contribution in [-0.2, 0) is 9.47 Å². The average molecular weight is 350 g/mol. The van der Waals surface area contributed by atoms with Gasteiger partial charge in [0.15, 0.2) is 0 Å². The van der Waals surface area contributed by atoms with Crippen LogP contribution in [0.4, 0.5) is 0 Å². The van der Waals surface area contributed by atoms with E-state index in [1.165, 1.54) is 0 Å². The number of carboxylic acids is 1. The molecule has 1 unspecified atom stereocenters. The van der Waals surface area contributed by atoms with Gasteiger partial charge in [0.2, 0.25) is 0 Å². The van der Waals surface area contributed by atoms with Crippen LogP contribution in [0, 0.1) is 13.8 Å². The van der Waals surface area contributed by atoms with E-state index in [0.717, 1.165) is 32.3 Å². The summed E-state index contributed by atoms with van der Waals surface area (Å²) in [6.45, 7) is 5.34. The molecule has 3 rings (SSSR count). The minimum Gasteiger partial charge on any atom is -0.477 e. The molecule has 2 saturated heterocycles. The van der Waals surface area contributed by atoms with E-state index in [0.29, 0.717) is 29.9 Å². The first kappa shape index (κ1) is 17.9. The Morgan fingerprint density at radius 1 is 1.32 bits per heavy atom. The van der Waals surface area contributed by atoms with Crippen molar-refractivity contribution in [3.05, 3.63) is 22.5 Å². The normalized spacial score (nSPS) is 23.0. The first-order valence-electron chi connectivity index (χ1n) is 8.78. The highest BCUT2D eigenvalue weighted by atomic mass is 16.5. The minimum atomic E-state index is -1.05. The molecule has 1 amide bonds. The maximum absolute atomic E-state index is 12.9. The number of carbonyl (C=O) groups excluding carboxylic acids is 1. The zero-order valence-corrected chi connectivity index (χ0v) is 15.1. The largest absolute Gasteiger partial charge is 0.477 e. The highest BCUT2D eigenvalue weighted by molar-refractivity contribution is 6.00. The first-order valence-corrected chi connectivity index (χ1v) is 8.78. The molecule has 1 atom stereocenters. The van der Waals surface area contributed by atoms with E-state index < -0.39 is 5.97 Å². The maximum Gasteiger partial charge on any atom is 0.352 e. The quantitative estimate of drug-likeness (QED) is 0.871. The Morgan fingerprint density at radius 2 is 2.00 bits per heavy atom. The maximum atomic E-state index is 12.9. The monoisotopic (exact) mass is 350 g/mol. The Kier molecular flexibility index (Phi) is 4.88. The van der Waals surface area contributed by atoms with Crippen molar-refractivity contribution in [1.29, 1.82) is 0 Å². The lowest BCUT2D eigenvalue weighted by Gasteiger charge is -2.48. The topological polar surface area (TPSA) is 91.9 Å². The fourth-order valence-corrected chi connectivity index (χ4v) is 4.23. The van der Waals surface area contributed by atoms with Gasteiger partial charge in [0, 0.05) is 32.5 Å². The molecule has 0 aliphatic carbocycles. The second-order valence-corrected chi connectivity index (χ2v) is 7.00. The van der Waals surface area contributed by atoms with Gasteiger partial charge in [0.25, 0.3) is 5.91 Å². The van der Waals surface area contributed by atoms with Crippen LogP contribution in [0.2, 0.25) is 0 Å². The van der Waals surface area contributed by atoms with Crippen LogP contribution in [-0.4, -0.2) is 65.4 Å². The molecule has 0 radical (unpaired) electrons. The molecule has 3 heterocycles. The predicted molar refractivity (Wildman–Crippen MR) is 91.1 cm³/mol. The number of H-pyrrole nitrogens is 1. The predicted octanol–water partition coefficient (Wildman–Crippen LogP) is 2.13. The molecule has 2 aliphatic heterocycles. The number of nitrogens with one attached hydrogen (secondary N) is 1. The Labute approximate surface area is 147 Å². The Balaban J connectivity index is 1.75. The molecular formula is C18H26N2O5. The lowest BCUT2D eigenvalue weighted by atomic mass is 9.81. The number of hydrogen-bond acceptors (Lipinski definition) is 4. The first-order chi connectivity index (χ1) is 11.9. The van der Waals surface area contributed by atoms with Gasteiger partial charge in [0.05, 0.1) is 17.3 Å². The van der Waals surface area contributed by atoms with Crippen LogP contribution < -0.4 is 0 Å². The Morgan fingerprint density at radius 3 is 2.56 bits per heavy atom. The van der Waals surface area contributed by atoms with Crippen molar-refractivity contribution in [3.8, 4) is 0 Å². The number of methoxy groups -OCH3 is 1. The number of likely N-dealkylation sites (tertiary alicyclic amines) is 1. The van der Waals surface area contributed by atoms with Crippen LogP contribution in [0.3, 0.4) is 0 Å². The van der Waals surface area contributed by atoms with Gasteiger partial charge in [0.1, 0.15) is 5.69 Å². The number of rotatable bonds is 3. The van der Waals surface area contributed by atoms with E-state index in [4.69, 9.17) is 9.47 Å². The number of nitrogens with zero attached hydrogens (tertiary/aromatic N) is 1. The summed E-state index contributed by atoms with van der Waals surface area (Å²) in [5.41, 5.74) is 1.37. The Hall–Kier alpha value is -1.86. The molecule has 25 heavy (non-hydrogen) atoms. The van der Waals surface area contributed by atoms with Gasteiger partial charge in [-0.1, -0.05) is 0 Å². The number of amides is 1. The third kappa shape index (κ3) is 3.06. The molecule has 1 aromatic heterocycles. The number of carboxylic acid groups (broad SMARTS) is 1. The summed E-state index contributed by atoms with van der Waals surface area (Å²) >= 11 is 0. The second kappa shape index (κ2) is 6.80. The number of aromatic nitrogens is 1. The van der Waals surface area contributed by atoms with Crippen molar-refractivity contribution in [1.82, 2.24) is 9.88 Å². The molecule has 0 aromatic carbocycles. The van der Waals surface area contributed by atoms with Gasteiger partial charge in [-0.2, -0.15) is 0 Å². The molecule has 0 bridgehead atoms. The molecule has 2 fully saturated rings. The van der Waals surface area contributed by atoms with Gasteiger partial charge in [-0.3, -0.25) is 4.79 Å². The lowest BCUT2D eigenvalue weighted by molar-refractivity contribution is -0.183. The standard InChI is InChI=1S/C18H26N2O5/c1-11-14(12(2)19-15(11)17(22)23)16(21)20-8-6-18(7-9-20)13(24-3)5-4-10-25-18/h13,19H,4-10H2,1-3H3,(H,22,23). The molecule has 0 saturated carbocycles. The number of piperidine rings is 1. The van der Waals surface area contributed by atoms with Gasteiger partial charge in [-0.15, -0.1) is 0 Å². The molecule has 7 nitrogen and oxygen atoms in total. The van der Waals surface area contributed by atoms with Gasteiger partial charge >= 0.3 is 5.97 Å². The smallest absolute Gasteiger partial charge is 0.352 e. The van der Waals surface area contributed by atoms with Crippen LogP contribution in [0.1, 0.15) is 57.8 Å². The van der Waals surface area contributed by atoms with Gasteiger partial charge in [-0.05, 0) is 45.1 Å². The van der Waals surface area contributed by atoms with Crippen LogP contribution in [0.15, 0.2) is 0 Å². The summed E-state index contributed by atoms with van der Waals surface area (Å²) in [6, 6.07) is 0. The molecule has 1 aromatic rings. The molecule has 2 aliphatic rings. The van der Waals surface area contributed by atoms with Crippen molar-refractivity contribution >= 4 is 11.9 Å². The van der Waals surface area contributed by atoms with E-state index in [-0.39, 0.29) is 23.3 Å². The lowest BCUT2D eigenvalue weighted by Crippen LogP contribution is -2.56. The number of carbonyl (C=O) groups is 2. The van der Waals surface area contributed by atoms with E-state index in [9.17, 15) is 14.7 Å². The summed E-state index contributed by atoms with van der Waals surface area (Å²) in [4.78, 5) is 28.8. The van der Waals surface area contributed by atoms with Crippen molar-refractivity contribution in [3.63, 3.8) is 0 Å². The fourth-order valence-electron chi connectivity index (χ4n) is 4.23. The van der Waals surface area contributed by atoms with Crippen LogP contribution in [0.25, 0.3) is 0 Å². The van der Waals surface area contributed by atoms with Crippen LogP contribution >= 0.6 is 0 Å². The van der Waals surface area contributed by atoms with Crippen molar-refractivity contribution in [2.24, 2.45) is 0 Å². The fraction of sp³-hybridized carbons (Fsp3) is 0.667. The van der Waals surface area contributed by atoms with E-state index in [2.05, 4.69) is 4.98 Å². The molecular weight excluding hydrogens is 324 g/mol. The van der Waals surface area contributed by atoms with E-state index in [1.807, 2.05) is 0 Å². The number of aromatic carboxylic acids is 1. The van der Waals surface area contributed by atoms with Crippen molar-refractivity contribution in [2.45, 2.75) is 51.2 Å². The minimum absolute atomic E-state index is 0.0767. The van der Waals surface area contributed by atoms with Gasteiger partial charge in [-0.25, -0.2) is 4.79 Å². The molecule has 1 spiro atoms. The zero-order valence-electron chi connectivity index (χ0n) is 15.1. The SMILES string of the molecule is COC1CCCOC12CCN(C(=O)c1c(C)[nH]c(C(=O)O)c1C)CC2. The average Bonchev–Trinajstić information content (AvgIpc) is 2.90. The zero-order chi connectivity index (χ0) is 18.2. The number of aryl methyl sites for hydroxylation is 1. The second-order valence-electron chi connectivity index (χ2n) is 7.00. The van der Waals surface area contributed by atoms with E-state index >= 15 is 0 Å².